The van der Waals surface area contributed by atoms with E-state index in [1.807, 2.05) is 0 Å². The lowest BCUT2D eigenvalue weighted by molar-refractivity contribution is -0.143. The Labute approximate surface area is 171 Å². The van der Waals surface area contributed by atoms with Crippen LogP contribution >= 0.6 is 11.6 Å². The van der Waals surface area contributed by atoms with Gasteiger partial charge in [-0.3, -0.25) is 29.4 Å². The number of ether oxygens (including phenoxy) is 1. The smallest absolute Gasteiger partial charge is 0.250 e. The molecule has 2 fully saturated rings. The number of carbonyl (C=O) groups is 4. The minimum atomic E-state index is -1.43. The van der Waals surface area contributed by atoms with Crippen LogP contribution < -0.4 is 16.4 Å². The van der Waals surface area contributed by atoms with Crippen LogP contribution in [0.5, 0.6) is 0 Å². The standard InChI is InChI=1S/C19H21ClN4O5/c1-29-8-7-24-16(26)13-11(5-6-12(21)25)23-19(14(13)17(24)27)9-3-2-4-10(20)15(9)22-18(19)28/h2-4,11,13-14,23H,5-8H2,1H3,(H2,21,25)(H,22,28)/t11-,13+,14-,19-/m0/s1. The molecule has 0 aromatic heterocycles. The normalized spacial score (nSPS) is 30.1. The van der Waals surface area contributed by atoms with Gasteiger partial charge in [-0.25, -0.2) is 0 Å². The van der Waals surface area contributed by atoms with E-state index in [0.717, 1.165) is 4.90 Å². The predicted octanol–water partition coefficient (Wildman–Crippen LogP) is -0.0277. The predicted molar refractivity (Wildman–Crippen MR) is 103 cm³/mol. The molecule has 154 valence electrons. The maximum Gasteiger partial charge on any atom is 0.250 e. The lowest BCUT2D eigenvalue weighted by atomic mass is 9.76. The number of hydrogen-bond acceptors (Lipinski definition) is 6. The average Bonchev–Trinajstić information content (AvgIpc) is 3.25. The van der Waals surface area contributed by atoms with E-state index in [1.54, 1.807) is 18.2 Å². The summed E-state index contributed by atoms with van der Waals surface area (Å²) in [5.74, 6) is -3.49. The fourth-order valence-corrected chi connectivity index (χ4v) is 5.02. The van der Waals surface area contributed by atoms with E-state index in [1.165, 1.54) is 7.11 Å². The minimum Gasteiger partial charge on any atom is -0.383 e. The lowest BCUT2D eigenvalue weighted by Crippen LogP contribution is -2.53. The first kappa shape index (κ1) is 19.8. The van der Waals surface area contributed by atoms with Gasteiger partial charge in [0.1, 0.15) is 5.54 Å². The number of hydrogen-bond donors (Lipinski definition) is 3. The fraction of sp³-hybridized carbons (Fsp3) is 0.474. The van der Waals surface area contributed by atoms with E-state index < -0.39 is 41.1 Å². The number of nitrogens with zero attached hydrogens (tertiary/aromatic N) is 1. The number of methoxy groups -OCH3 is 1. The fourth-order valence-electron chi connectivity index (χ4n) is 4.80. The monoisotopic (exact) mass is 420 g/mol. The molecule has 4 rings (SSSR count). The Balaban J connectivity index is 1.81. The molecule has 4 amide bonds. The van der Waals surface area contributed by atoms with Crippen LogP contribution in [0.25, 0.3) is 0 Å². The van der Waals surface area contributed by atoms with Gasteiger partial charge in [0, 0.05) is 25.1 Å². The van der Waals surface area contributed by atoms with Crippen molar-refractivity contribution in [2.75, 3.05) is 25.6 Å². The summed E-state index contributed by atoms with van der Waals surface area (Å²) in [5, 5.41) is 6.32. The number of carbonyl (C=O) groups excluding carboxylic acids is 4. The van der Waals surface area contributed by atoms with Gasteiger partial charge in [0.25, 0.3) is 0 Å². The van der Waals surface area contributed by atoms with Crippen LogP contribution in [0.1, 0.15) is 18.4 Å². The van der Waals surface area contributed by atoms with Crippen molar-refractivity contribution in [1.82, 2.24) is 10.2 Å². The molecule has 1 spiro atoms. The molecule has 3 aliphatic heterocycles. The van der Waals surface area contributed by atoms with Gasteiger partial charge in [-0.05, 0) is 12.5 Å². The summed E-state index contributed by atoms with van der Waals surface area (Å²) >= 11 is 6.26. The van der Waals surface area contributed by atoms with Gasteiger partial charge in [-0.2, -0.15) is 0 Å². The van der Waals surface area contributed by atoms with E-state index >= 15 is 0 Å². The van der Waals surface area contributed by atoms with Crippen molar-refractivity contribution in [1.29, 1.82) is 0 Å². The van der Waals surface area contributed by atoms with Crippen molar-refractivity contribution in [3.8, 4) is 0 Å². The highest BCUT2D eigenvalue weighted by atomic mass is 35.5. The first-order chi connectivity index (χ1) is 13.8. The quantitative estimate of drug-likeness (QED) is 0.554. The molecule has 0 aliphatic carbocycles. The third-order valence-corrected chi connectivity index (χ3v) is 6.33. The SMILES string of the molecule is COCCN1C(=O)[C@@H]2[C@H](CCC(N)=O)N[C@]3(C(=O)Nc4c(Cl)cccc43)[C@@H]2C1=O. The second kappa shape index (κ2) is 7.08. The Bertz CT molecular complexity index is 922. The Morgan fingerprint density at radius 2 is 2.07 bits per heavy atom. The number of nitrogens with two attached hydrogens (primary N) is 1. The van der Waals surface area contributed by atoms with E-state index in [-0.39, 0.29) is 31.9 Å². The molecular weight excluding hydrogens is 400 g/mol. The molecule has 2 saturated heterocycles. The second-order valence-corrected chi connectivity index (χ2v) is 7.91. The highest BCUT2D eigenvalue weighted by Crippen LogP contribution is 2.54. The van der Waals surface area contributed by atoms with Crippen LogP contribution in [-0.4, -0.2) is 54.8 Å². The number of halogens is 1. The second-order valence-electron chi connectivity index (χ2n) is 7.50. The Kier molecular flexibility index (Phi) is 4.84. The Morgan fingerprint density at radius 1 is 1.31 bits per heavy atom. The largest absolute Gasteiger partial charge is 0.383 e. The lowest BCUT2D eigenvalue weighted by Gasteiger charge is -2.29. The number of fused-ring (bicyclic) bond motifs is 4. The van der Waals surface area contributed by atoms with E-state index in [0.29, 0.717) is 16.3 Å². The number of likely N-dealkylation sites (tertiary alicyclic amines) is 1. The van der Waals surface area contributed by atoms with Crippen LogP contribution in [0.3, 0.4) is 0 Å². The molecule has 3 heterocycles. The van der Waals surface area contributed by atoms with E-state index in [9.17, 15) is 19.2 Å². The zero-order valence-corrected chi connectivity index (χ0v) is 16.5. The first-order valence-electron chi connectivity index (χ1n) is 9.33. The molecule has 9 nitrogen and oxygen atoms in total. The number of nitrogens with one attached hydrogen (secondary N) is 2. The van der Waals surface area contributed by atoms with E-state index in [2.05, 4.69) is 10.6 Å². The van der Waals surface area contributed by atoms with Crippen LogP contribution in [0.2, 0.25) is 5.02 Å². The summed E-state index contributed by atoms with van der Waals surface area (Å²) in [6.07, 6.45) is 0.263. The zero-order valence-electron chi connectivity index (χ0n) is 15.7. The summed E-state index contributed by atoms with van der Waals surface area (Å²) < 4.78 is 5.02. The molecule has 10 heteroatoms. The third-order valence-electron chi connectivity index (χ3n) is 6.01. The minimum absolute atomic E-state index is 0.0283. The van der Waals surface area contributed by atoms with Crippen molar-refractivity contribution in [2.24, 2.45) is 17.6 Å². The summed E-state index contributed by atoms with van der Waals surface area (Å²) in [6, 6.07) is 4.49. The van der Waals surface area contributed by atoms with Gasteiger partial charge in [0.05, 0.1) is 35.7 Å². The van der Waals surface area contributed by atoms with Crippen LogP contribution in [-0.2, 0) is 29.5 Å². The molecule has 0 radical (unpaired) electrons. The maximum atomic E-state index is 13.3. The van der Waals surface area contributed by atoms with Gasteiger partial charge >= 0.3 is 0 Å². The summed E-state index contributed by atoms with van der Waals surface area (Å²) in [7, 11) is 1.48. The van der Waals surface area contributed by atoms with Gasteiger partial charge in [0.15, 0.2) is 0 Å². The molecule has 3 aliphatic rings. The Hall–Kier alpha value is -2.49. The van der Waals surface area contributed by atoms with Gasteiger partial charge < -0.3 is 15.8 Å². The zero-order chi connectivity index (χ0) is 20.9. The number of rotatable bonds is 6. The molecule has 0 saturated carbocycles. The number of benzene rings is 1. The summed E-state index contributed by atoms with van der Waals surface area (Å²) in [4.78, 5) is 52.1. The third kappa shape index (κ3) is 2.76. The average molecular weight is 421 g/mol. The van der Waals surface area contributed by atoms with E-state index in [4.69, 9.17) is 22.1 Å². The number of imide groups is 1. The van der Waals surface area contributed by atoms with Crippen molar-refractivity contribution in [2.45, 2.75) is 24.4 Å². The topological polar surface area (TPSA) is 131 Å². The van der Waals surface area contributed by atoms with Crippen molar-refractivity contribution < 1.29 is 23.9 Å². The molecule has 29 heavy (non-hydrogen) atoms. The van der Waals surface area contributed by atoms with Crippen LogP contribution in [0.15, 0.2) is 18.2 Å². The van der Waals surface area contributed by atoms with Crippen molar-refractivity contribution in [3.05, 3.63) is 28.8 Å². The molecular formula is C19H21ClN4O5. The van der Waals surface area contributed by atoms with Gasteiger partial charge in [-0.1, -0.05) is 23.7 Å². The summed E-state index contributed by atoms with van der Waals surface area (Å²) in [6.45, 7) is 0.293. The number of primary amides is 1. The Morgan fingerprint density at radius 3 is 2.76 bits per heavy atom. The highest BCUT2D eigenvalue weighted by Gasteiger charge is 2.70. The number of amides is 4. The summed E-state index contributed by atoms with van der Waals surface area (Å²) in [5.41, 5.74) is 4.82. The first-order valence-corrected chi connectivity index (χ1v) is 9.71. The molecule has 4 N–H and O–H groups in total. The van der Waals surface area contributed by atoms with Crippen molar-refractivity contribution in [3.63, 3.8) is 0 Å². The maximum absolute atomic E-state index is 13.3. The number of anilines is 1. The van der Waals surface area contributed by atoms with Crippen LogP contribution in [0, 0.1) is 11.8 Å². The van der Waals surface area contributed by atoms with Crippen LogP contribution in [0.4, 0.5) is 5.69 Å². The van der Waals surface area contributed by atoms with Gasteiger partial charge in [-0.15, -0.1) is 0 Å². The molecule has 1 aromatic rings. The van der Waals surface area contributed by atoms with Crippen molar-refractivity contribution >= 4 is 40.9 Å². The molecule has 0 bridgehead atoms. The highest BCUT2D eigenvalue weighted by molar-refractivity contribution is 6.35. The van der Waals surface area contributed by atoms with Gasteiger partial charge in [0.2, 0.25) is 23.6 Å². The molecule has 4 atom stereocenters. The number of para-hydroxylation sites is 1. The molecule has 0 unspecified atom stereocenters. The molecule has 1 aromatic carbocycles.